The van der Waals surface area contributed by atoms with E-state index in [4.69, 9.17) is 0 Å². The Bertz CT molecular complexity index is 497. The highest BCUT2D eigenvalue weighted by molar-refractivity contribution is 5.44. The van der Waals surface area contributed by atoms with Gasteiger partial charge < -0.3 is 5.32 Å². The predicted molar refractivity (Wildman–Crippen MR) is 65.5 cm³/mol. The van der Waals surface area contributed by atoms with E-state index in [9.17, 15) is 4.39 Å². The van der Waals surface area contributed by atoms with Crippen molar-refractivity contribution >= 4 is 5.69 Å². The average Bonchev–Trinajstić information content (AvgIpc) is 2.74. The van der Waals surface area contributed by atoms with Crippen LogP contribution >= 0.6 is 0 Å². The van der Waals surface area contributed by atoms with Crippen LogP contribution in [0.3, 0.4) is 0 Å². The summed E-state index contributed by atoms with van der Waals surface area (Å²) >= 11 is 0. The van der Waals surface area contributed by atoms with E-state index in [0.717, 1.165) is 18.5 Å². The number of aromatic nitrogens is 1. The minimum atomic E-state index is -0.440. The van der Waals surface area contributed by atoms with E-state index >= 15 is 0 Å². The molecule has 2 nitrogen and oxygen atoms in total. The number of nitrogens with one attached hydrogen (secondary N) is 1. The molecule has 1 aliphatic carbocycles. The van der Waals surface area contributed by atoms with Crippen LogP contribution in [0.5, 0.6) is 0 Å². The summed E-state index contributed by atoms with van der Waals surface area (Å²) in [6.45, 7) is 0. The number of nitrogens with zero attached hydrogens (tertiary/aromatic N) is 1. The van der Waals surface area contributed by atoms with Gasteiger partial charge in [-0.3, -0.25) is 0 Å². The molecule has 1 aromatic carbocycles. The van der Waals surface area contributed by atoms with E-state index in [1.807, 2.05) is 0 Å². The average molecular weight is 228 g/mol. The fourth-order valence-corrected chi connectivity index (χ4v) is 2.36. The van der Waals surface area contributed by atoms with Crippen molar-refractivity contribution in [3.8, 4) is 0 Å². The van der Waals surface area contributed by atoms with Crippen LogP contribution in [0.4, 0.5) is 10.1 Å². The topological polar surface area (TPSA) is 24.9 Å². The van der Waals surface area contributed by atoms with Crippen LogP contribution in [0.15, 0.2) is 42.6 Å². The predicted octanol–water partition coefficient (Wildman–Crippen LogP) is 2.80. The molecule has 1 N–H and O–H groups in total. The molecule has 0 spiro atoms. The van der Waals surface area contributed by atoms with Crippen molar-refractivity contribution in [2.45, 2.75) is 18.9 Å². The van der Waals surface area contributed by atoms with Gasteiger partial charge in [-0.05, 0) is 36.1 Å². The van der Waals surface area contributed by atoms with E-state index in [1.165, 1.54) is 17.2 Å². The number of fused-ring (bicyclic) bond motifs is 1. The lowest BCUT2D eigenvalue weighted by Crippen LogP contribution is -2.19. The number of hydrogen-bond donors (Lipinski definition) is 1. The molecule has 0 amide bonds. The van der Waals surface area contributed by atoms with E-state index in [-0.39, 0.29) is 0 Å². The molecule has 0 saturated carbocycles. The summed E-state index contributed by atoms with van der Waals surface area (Å²) in [7, 11) is 0. The monoisotopic (exact) mass is 228 g/mol. The van der Waals surface area contributed by atoms with Crippen molar-refractivity contribution in [2.24, 2.45) is 0 Å². The second kappa shape index (κ2) is 4.17. The second-order valence-corrected chi connectivity index (χ2v) is 4.39. The maximum atomic E-state index is 12.7. The molecule has 1 heterocycles. The van der Waals surface area contributed by atoms with Crippen molar-refractivity contribution in [2.75, 3.05) is 5.32 Å². The number of benzene rings is 1. The Morgan fingerprint density at radius 1 is 1.06 bits per heavy atom. The Kier molecular flexibility index (Phi) is 2.52. The maximum absolute atomic E-state index is 12.7. The summed E-state index contributed by atoms with van der Waals surface area (Å²) in [5.74, 6) is -0.440. The zero-order valence-electron chi connectivity index (χ0n) is 9.36. The molecule has 3 rings (SSSR count). The number of halogens is 1. The molecule has 1 aliphatic rings. The molecule has 0 saturated heterocycles. The summed E-state index contributed by atoms with van der Waals surface area (Å²) in [5.41, 5.74) is 3.68. The Labute approximate surface area is 99.5 Å². The van der Waals surface area contributed by atoms with Crippen molar-refractivity contribution in [1.29, 1.82) is 0 Å². The highest BCUT2D eigenvalue weighted by Crippen LogP contribution is 2.24. The molecular weight excluding hydrogens is 215 g/mol. The van der Waals surface area contributed by atoms with E-state index in [0.29, 0.717) is 6.04 Å². The van der Waals surface area contributed by atoms with E-state index in [2.05, 4.69) is 34.6 Å². The SMILES string of the molecule is Fc1ccc(NC2Cc3ccccc3C2)cn1. The first-order valence-corrected chi connectivity index (χ1v) is 5.76. The molecule has 0 bridgehead atoms. The third-order valence-electron chi connectivity index (χ3n) is 3.15. The van der Waals surface area contributed by atoms with Gasteiger partial charge in [0.1, 0.15) is 0 Å². The van der Waals surface area contributed by atoms with Crippen LogP contribution < -0.4 is 5.32 Å². The van der Waals surface area contributed by atoms with Gasteiger partial charge >= 0.3 is 0 Å². The lowest BCUT2D eigenvalue weighted by atomic mass is 10.1. The van der Waals surface area contributed by atoms with Gasteiger partial charge in [-0.15, -0.1) is 0 Å². The molecule has 0 unspecified atom stereocenters. The van der Waals surface area contributed by atoms with E-state index in [1.54, 1.807) is 12.3 Å². The Morgan fingerprint density at radius 2 is 1.76 bits per heavy atom. The number of anilines is 1. The Balaban J connectivity index is 1.71. The fraction of sp³-hybridized carbons (Fsp3) is 0.214. The quantitative estimate of drug-likeness (QED) is 0.799. The van der Waals surface area contributed by atoms with Crippen LogP contribution in [0.25, 0.3) is 0 Å². The Hall–Kier alpha value is -1.90. The molecule has 1 aromatic heterocycles. The second-order valence-electron chi connectivity index (χ2n) is 4.39. The molecule has 2 aromatic rings. The van der Waals surface area contributed by atoms with Crippen LogP contribution in [-0.4, -0.2) is 11.0 Å². The molecule has 17 heavy (non-hydrogen) atoms. The maximum Gasteiger partial charge on any atom is 0.212 e. The molecule has 0 radical (unpaired) electrons. The molecule has 0 atom stereocenters. The van der Waals surface area contributed by atoms with Crippen molar-refractivity contribution in [3.63, 3.8) is 0 Å². The molecule has 0 fully saturated rings. The lowest BCUT2D eigenvalue weighted by molar-refractivity contribution is 0.583. The first-order chi connectivity index (χ1) is 8.31. The zero-order chi connectivity index (χ0) is 11.7. The van der Waals surface area contributed by atoms with Gasteiger partial charge in [0.15, 0.2) is 0 Å². The summed E-state index contributed by atoms with van der Waals surface area (Å²) in [6.07, 6.45) is 3.58. The van der Waals surface area contributed by atoms with Gasteiger partial charge in [-0.2, -0.15) is 4.39 Å². The van der Waals surface area contributed by atoms with Gasteiger partial charge in [0.2, 0.25) is 5.95 Å². The van der Waals surface area contributed by atoms with Crippen LogP contribution in [0.1, 0.15) is 11.1 Å². The van der Waals surface area contributed by atoms with Crippen molar-refractivity contribution in [3.05, 3.63) is 59.7 Å². The van der Waals surface area contributed by atoms with Crippen LogP contribution in [0, 0.1) is 5.95 Å². The zero-order valence-corrected chi connectivity index (χ0v) is 9.36. The number of rotatable bonds is 2. The third kappa shape index (κ3) is 2.13. The van der Waals surface area contributed by atoms with Crippen molar-refractivity contribution < 1.29 is 4.39 Å². The van der Waals surface area contributed by atoms with Gasteiger partial charge in [0.25, 0.3) is 0 Å². The molecule has 0 aliphatic heterocycles. The summed E-state index contributed by atoms with van der Waals surface area (Å²) in [4.78, 5) is 3.64. The minimum absolute atomic E-state index is 0.389. The molecular formula is C14H13FN2. The van der Waals surface area contributed by atoms with Crippen LogP contribution in [0.2, 0.25) is 0 Å². The van der Waals surface area contributed by atoms with Crippen LogP contribution in [-0.2, 0) is 12.8 Å². The standard InChI is InChI=1S/C14H13FN2/c15-14-6-5-12(9-16-14)17-13-7-10-3-1-2-4-11(10)8-13/h1-6,9,13,17H,7-8H2. The third-order valence-corrected chi connectivity index (χ3v) is 3.15. The van der Waals surface area contributed by atoms with Gasteiger partial charge in [-0.25, -0.2) is 4.98 Å². The summed E-state index contributed by atoms with van der Waals surface area (Å²) in [5, 5.41) is 3.39. The summed E-state index contributed by atoms with van der Waals surface area (Å²) < 4.78 is 12.7. The highest BCUT2D eigenvalue weighted by atomic mass is 19.1. The smallest absolute Gasteiger partial charge is 0.212 e. The Morgan fingerprint density at radius 3 is 2.35 bits per heavy atom. The molecule has 3 heteroatoms. The minimum Gasteiger partial charge on any atom is -0.380 e. The number of pyridine rings is 1. The molecule has 86 valence electrons. The van der Waals surface area contributed by atoms with Gasteiger partial charge in [-0.1, -0.05) is 24.3 Å². The highest BCUT2D eigenvalue weighted by Gasteiger charge is 2.20. The fourth-order valence-electron chi connectivity index (χ4n) is 2.36. The summed E-state index contributed by atoms with van der Waals surface area (Å²) in [6, 6.07) is 12.0. The normalized spacial score (nSPS) is 14.6. The van der Waals surface area contributed by atoms with Crippen molar-refractivity contribution in [1.82, 2.24) is 4.98 Å². The first kappa shape index (κ1) is 10.3. The van der Waals surface area contributed by atoms with Gasteiger partial charge in [0, 0.05) is 6.04 Å². The lowest BCUT2D eigenvalue weighted by Gasteiger charge is -2.12. The van der Waals surface area contributed by atoms with Gasteiger partial charge in [0.05, 0.1) is 11.9 Å². The largest absolute Gasteiger partial charge is 0.380 e. The number of hydrogen-bond acceptors (Lipinski definition) is 2. The first-order valence-electron chi connectivity index (χ1n) is 5.76. The van der Waals surface area contributed by atoms with E-state index < -0.39 is 5.95 Å².